The molecule has 1 N–H and O–H groups in total. The molecule has 8 heteroatoms. The fraction of sp³-hybridized carbons (Fsp3) is 0.185. The lowest BCUT2D eigenvalue weighted by Gasteiger charge is -2.10. The number of halogens is 1. The van der Waals surface area contributed by atoms with E-state index in [-0.39, 0.29) is 12.4 Å². The number of carbonyl (C=O) groups excluding carboxylic acids is 1. The summed E-state index contributed by atoms with van der Waals surface area (Å²) in [5.74, 6) is 1.50. The molecule has 0 aliphatic carbocycles. The number of nitrogens with zero attached hydrogens (tertiary/aromatic N) is 2. The molecule has 2 aromatic carbocycles. The van der Waals surface area contributed by atoms with Crippen LogP contribution < -0.4 is 14.9 Å². The molecule has 4 rings (SSSR count). The van der Waals surface area contributed by atoms with E-state index in [0.29, 0.717) is 34.5 Å². The summed E-state index contributed by atoms with van der Waals surface area (Å²) >= 11 is 6.04. The van der Waals surface area contributed by atoms with Gasteiger partial charge in [-0.2, -0.15) is 5.10 Å². The second-order valence-electron chi connectivity index (χ2n) is 7.81. The van der Waals surface area contributed by atoms with Crippen LogP contribution in [0.25, 0.3) is 5.69 Å². The first-order valence-corrected chi connectivity index (χ1v) is 11.5. The van der Waals surface area contributed by atoms with Gasteiger partial charge in [0.15, 0.2) is 5.76 Å². The molecule has 1 amide bonds. The van der Waals surface area contributed by atoms with E-state index in [0.717, 1.165) is 5.69 Å². The fourth-order valence-electron chi connectivity index (χ4n) is 3.62. The smallest absolute Gasteiger partial charge is 0.307 e. The van der Waals surface area contributed by atoms with Crippen LogP contribution in [0.5, 0.6) is 11.5 Å². The van der Waals surface area contributed by atoms with E-state index in [2.05, 4.69) is 41.1 Å². The van der Waals surface area contributed by atoms with Gasteiger partial charge < -0.3 is 18.5 Å². The minimum atomic E-state index is -0.477. The molecule has 0 saturated heterocycles. The maximum absolute atomic E-state index is 12.4. The average molecular weight is 492 g/mol. The molecule has 0 aliphatic heterocycles. The van der Waals surface area contributed by atoms with Crippen molar-refractivity contribution in [1.82, 2.24) is 9.99 Å². The Morgan fingerprint density at radius 3 is 2.49 bits per heavy atom. The van der Waals surface area contributed by atoms with Crippen molar-refractivity contribution in [2.75, 3.05) is 6.61 Å². The number of furan rings is 1. The summed E-state index contributed by atoms with van der Waals surface area (Å²) in [6, 6.07) is 20.5. The van der Waals surface area contributed by atoms with Crippen molar-refractivity contribution in [1.29, 1.82) is 0 Å². The van der Waals surface area contributed by atoms with Gasteiger partial charge in [-0.1, -0.05) is 11.6 Å². The highest BCUT2D eigenvalue weighted by molar-refractivity contribution is 6.30. The van der Waals surface area contributed by atoms with Crippen LogP contribution in [0, 0.1) is 13.8 Å². The van der Waals surface area contributed by atoms with E-state index in [9.17, 15) is 4.79 Å². The van der Waals surface area contributed by atoms with E-state index >= 15 is 0 Å². The number of ether oxygens (including phenoxy) is 2. The molecule has 180 valence electrons. The average Bonchev–Trinajstić information content (AvgIpc) is 3.46. The van der Waals surface area contributed by atoms with Gasteiger partial charge in [0.25, 0.3) is 0 Å². The fourth-order valence-corrected chi connectivity index (χ4v) is 3.80. The van der Waals surface area contributed by atoms with Crippen molar-refractivity contribution in [3.63, 3.8) is 0 Å². The second-order valence-corrected chi connectivity index (χ2v) is 8.25. The van der Waals surface area contributed by atoms with Gasteiger partial charge >= 0.3 is 5.91 Å². The van der Waals surface area contributed by atoms with Crippen molar-refractivity contribution in [2.24, 2.45) is 5.10 Å². The highest BCUT2D eigenvalue weighted by Crippen LogP contribution is 2.22. The van der Waals surface area contributed by atoms with Crippen LogP contribution in [0.15, 0.2) is 76.2 Å². The number of hydrazone groups is 1. The van der Waals surface area contributed by atoms with Crippen LogP contribution in [-0.4, -0.2) is 23.3 Å². The van der Waals surface area contributed by atoms with Gasteiger partial charge in [-0.05, 0) is 87.5 Å². The summed E-state index contributed by atoms with van der Waals surface area (Å²) in [6.45, 7) is 6.72. The molecule has 0 radical (unpaired) electrons. The minimum Gasteiger partial charge on any atom is -0.493 e. The number of benzene rings is 2. The summed E-state index contributed by atoms with van der Waals surface area (Å²) in [7, 11) is 0. The van der Waals surface area contributed by atoms with E-state index < -0.39 is 5.91 Å². The first-order chi connectivity index (χ1) is 16.9. The van der Waals surface area contributed by atoms with Gasteiger partial charge in [-0.25, -0.2) is 5.43 Å². The molecule has 0 atom stereocenters. The lowest BCUT2D eigenvalue weighted by Crippen LogP contribution is -2.16. The summed E-state index contributed by atoms with van der Waals surface area (Å²) in [4.78, 5) is 12.4. The molecule has 0 aliphatic rings. The number of hydrogen-bond acceptors (Lipinski definition) is 5. The number of nitrogens with one attached hydrogen (secondary N) is 1. The van der Waals surface area contributed by atoms with Crippen LogP contribution in [0.2, 0.25) is 5.02 Å². The van der Waals surface area contributed by atoms with Crippen molar-refractivity contribution >= 4 is 23.7 Å². The summed E-state index contributed by atoms with van der Waals surface area (Å²) < 4.78 is 19.1. The van der Waals surface area contributed by atoms with E-state index in [1.165, 1.54) is 17.6 Å². The molecule has 2 heterocycles. The van der Waals surface area contributed by atoms with Crippen LogP contribution in [0.3, 0.4) is 0 Å². The molecule has 4 aromatic rings. The Bertz CT molecular complexity index is 1320. The van der Waals surface area contributed by atoms with E-state index in [1.807, 2.05) is 31.2 Å². The molecular weight excluding hydrogens is 466 g/mol. The van der Waals surface area contributed by atoms with Gasteiger partial charge in [-0.15, -0.1) is 0 Å². The summed E-state index contributed by atoms with van der Waals surface area (Å²) in [5.41, 5.74) is 6.51. The van der Waals surface area contributed by atoms with Crippen LogP contribution in [0.4, 0.5) is 0 Å². The van der Waals surface area contributed by atoms with E-state index in [4.69, 9.17) is 25.5 Å². The molecule has 35 heavy (non-hydrogen) atoms. The quantitative estimate of drug-likeness (QED) is 0.227. The van der Waals surface area contributed by atoms with Gasteiger partial charge in [0.1, 0.15) is 23.9 Å². The molecule has 0 bridgehead atoms. The highest BCUT2D eigenvalue weighted by atomic mass is 35.5. The monoisotopic (exact) mass is 491 g/mol. The third kappa shape index (κ3) is 5.94. The van der Waals surface area contributed by atoms with Crippen LogP contribution >= 0.6 is 11.6 Å². The predicted molar refractivity (Wildman–Crippen MR) is 136 cm³/mol. The number of hydrogen-bond donors (Lipinski definition) is 1. The summed E-state index contributed by atoms with van der Waals surface area (Å²) in [5, 5.41) is 4.53. The molecule has 0 unspecified atom stereocenters. The highest BCUT2D eigenvalue weighted by Gasteiger charge is 2.11. The number of rotatable bonds is 9. The first kappa shape index (κ1) is 24.2. The number of aromatic nitrogens is 1. The summed E-state index contributed by atoms with van der Waals surface area (Å²) in [6.07, 6.45) is 1.47. The van der Waals surface area contributed by atoms with Gasteiger partial charge in [-0.3, -0.25) is 4.79 Å². The van der Waals surface area contributed by atoms with Gasteiger partial charge in [0.2, 0.25) is 0 Å². The van der Waals surface area contributed by atoms with Crippen LogP contribution in [-0.2, 0) is 6.61 Å². The van der Waals surface area contributed by atoms with Crippen molar-refractivity contribution < 1.29 is 18.7 Å². The molecule has 0 fully saturated rings. The standard InChI is InChI=1S/C27H26ClN3O4/c1-4-33-25-13-7-21(28)15-20(25)16-29-30-27(32)26-14-12-24(35-26)17-34-23-10-8-22(9-11-23)31-18(2)5-6-19(31)3/h5-16H,4,17H2,1-3H3,(H,30,32). The second kappa shape index (κ2) is 11.0. The molecule has 0 saturated carbocycles. The Hall–Kier alpha value is -3.97. The zero-order valence-electron chi connectivity index (χ0n) is 19.7. The number of amides is 1. The molecule has 7 nitrogen and oxygen atoms in total. The topological polar surface area (TPSA) is 78.0 Å². The third-order valence-corrected chi connectivity index (χ3v) is 5.51. The minimum absolute atomic E-state index is 0.130. The van der Waals surface area contributed by atoms with Gasteiger partial charge in [0, 0.05) is 27.7 Å². The number of carbonyl (C=O) groups is 1. The van der Waals surface area contributed by atoms with Crippen molar-refractivity contribution in [3.8, 4) is 17.2 Å². The Balaban J connectivity index is 1.33. The Morgan fingerprint density at radius 2 is 1.77 bits per heavy atom. The lowest BCUT2D eigenvalue weighted by atomic mass is 10.2. The zero-order valence-corrected chi connectivity index (χ0v) is 20.5. The zero-order chi connectivity index (χ0) is 24.8. The maximum atomic E-state index is 12.4. The molecule has 0 spiro atoms. The normalized spacial score (nSPS) is 11.1. The third-order valence-electron chi connectivity index (χ3n) is 5.27. The van der Waals surface area contributed by atoms with Crippen molar-refractivity contribution in [3.05, 3.63) is 100 Å². The predicted octanol–water partition coefficient (Wildman–Crippen LogP) is 6.08. The lowest BCUT2D eigenvalue weighted by molar-refractivity contribution is 0.0923. The van der Waals surface area contributed by atoms with E-state index in [1.54, 1.807) is 30.3 Å². The number of aryl methyl sites for hydroxylation is 2. The van der Waals surface area contributed by atoms with Crippen molar-refractivity contribution in [2.45, 2.75) is 27.4 Å². The van der Waals surface area contributed by atoms with Crippen LogP contribution in [0.1, 0.15) is 40.2 Å². The largest absolute Gasteiger partial charge is 0.493 e. The Kier molecular flexibility index (Phi) is 7.57. The molecular formula is C27H26ClN3O4. The SMILES string of the molecule is CCOc1ccc(Cl)cc1C=NNC(=O)c1ccc(COc2ccc(-n3c(C)ccc3C)cc2)o1. The Morgan fingerprint density at radius 1 is 1.03 bits per heavy atom. The molecule has 2 aromatic heterocycles. The first-order valence-electron chi connectivity index (χ1n) is 11.2. The Labute approximate surface area is 208 Å². The van der Waals surface area contributed by atoms with Gasteiger partial charge in [0.05, 0.1) is 12.8 Å². The maximum Gasteiger partial charge on any atom is 0.307 e.